The highest BCUT2D eigenvalue weighted by molar-refractivity contribution is 7.99. The lowest BCUT2D eigenvalue weighted by Gasteiger charge is -2.20. The van der Waals surface area contributed by atoms with E-state index in [-0.39, 0.29) is 12.3 Å². The number of furan rings is 1. The molecule has 1 amide bonds. The second-order valence-corrected chi connectivity index (χ2v) is 5.81. The Bertz CT molecular complexity index is 650. The molecule has 2 rings (SSSR count). The molecule has 0 saturated heterocycles. The van der Waals surface area contributed by atoms with Gasteiger partial charge in [0.2, 0.25) is 0 Å². The lowest BCUT2D eigenvalue weighted by Crippen LogP contribution is -2.31. The van der Waals surface area contributed by atoms with Gasteiger partial charge in [-0.25, -0.2) is 4.98 Å². The standard InChI is InChI=1S/C16H17N3O2S/c1-2-22-15-11-13(6-8-18-15)16(20)19(9-4-7-17)12-14-5-3-10-21-14/h3,5-6,8,10-11H,2,4,9,12H2,1H3. The van der Waals surface area contributed by atoms with Crippen molar-refractivity contribution in [2.45, 2.75) is 24.9 Å². The van der Waals surface area contributed by atoms with E-state index in [1.165, 1.54) is 0 Å². The molecule has 0 bridgehead atoms. The Balaban J connectivity index is 2.16. The van der Waals surface area contributed by atoms with E-state index in [0.29, 0.717) is 24.4 Å². The topological polar surface area (TPSA) is 70.1 Å². The van der Waals surface area contributed by atoms with Crippen LogP contribution >= 0.6 is 11.8 Å². The maximum atomic E-state index is 12.7. The number of nitrogens with zero attached hydrogens (tertiary/aromatic N) is 3. The van der Waals surface area contributed by atoms with Gasteiger partial charge in [0.1, 0.15) is 5.76 Å². The lowest BCUT2D eigenvalue weighted by molar-refractivity contribution is 0.0735. The van der Waals surface area contributed by atoms with Crippen molar-refractivity contribution >= 4 is 17.7 Å². The van der Waals surface area contributed by atoms with Gasteiger partial charge < -0.3 is 9.32 Å². The van der Waals surface area contributed by atoms with Crippen LogP contribution in [0.3, 0.4) is 0 Å². The SMILES string of the molecule is CCSc1cc(C(=O)N(CCC#N)Cc2ccco2)ccn1. The molecule has 0 aliphatic heterocycles. The van der Waals surface area contributed by atoms with E-state index in [1.54, 1.807) is 47.3 Å². The summed E-state index contributed by atoms with van der Waals surface area (Å²) < 4.78 is 5.30. The van der Waals surface area contributed by atoms with E-state index in [4.69, 9.17) is 9.68 Å². The van der Waals surface area contributed by atoms with E-state index >= 15 is 0 Å². The van der Waals surface area contributed by atoms with Crippen LogP contribution in [0.25, 0.3) is 0 Å². The summed E-state index contributed by atoms with van der Waals surface area (Å²) in [6.07, 6.45) is 3.50. The van der Waals surface area contributed by atoms with Crippen LogP contribution in [0.15, 0.2) is 46.2 Å². The summed E-state index contributed by atoms with van der Waals surface area (Å²) in [5.74, 6) is 1.48. The van der Waals surface area contributed by atoms with E-state index in [1.807, 2.05) is 13.0 Å². The molecule has 0 fully saturated rings. The van der Waals surface area contributed by atoms with Crippen LogP contribution in [-0.4, -0.2) is 28.1 Å². The summed E-state index contributed by atoms with van der Waals surface area (Å²) in [4.78, 5) is 18.5. The van der Waals surface area contributed by atoms with Crippen LogP contribution in [0.1, 0.15) is 29.5 Å². The van der Waals surface area contributed by atoms with Gasteiger partial charge in [0, 0.05) is 18.3 Å². The number of thioether (sulfide) groups is 1. The number of rotatable bonds is 7. The zero-order valence-electron chi connectivity index (χ0n) is 12.4. The second kappa shape index (κ2) is 8.25. The predicted octanol–water partition coefficient (Wildman–Crippen LogP) is 3.34. The van der Waals surface area contributed by atoms with Crippen LogP contribution in [0.2, 0.25) is 0 Å². The molecule has 0 spiro atoms. The number of hydrogen-bond donors (Lipinski definition) is 0. The third-order valence-corrected chi connectivity index (χ3v) is 3.79. The monoisotopic (exact) mass is 315 g/mol. The first-order chi connectivity index (χ1) is 10.7. The summed E-state index contributed by atoms with van der Waals surface area (Å²) in [7, 11) is 0. The molecule has 2 aromatic heterocycles. The molecule has 0 N–H and O–H groups in total. The molecular weight excluding hydrogens is 298 g/mol. The molecule has 0 aromatic carbocycles. The minimum absolute atomic E-state index is 0.119. The number of pyridine rings is 1. The van der Waals surface area contributed by atoms with Gasteiger partial charge in [0.05, 0.1) is 30.3 Å². The highest BCUT2D eigenvalue weighted by Gasteiger charge is 2.17. The van der Waals surface area contributed by atoms with Gasteiger partial charge >= 0.3 is 0 Å². The molecule has 5 nitrogen and oxygen atoms in total. The molecule has 114 valence electrons. The normalized spacial score (nSPS) is 10.2. The van der Waals surface area contributed by atoms with Crippen molar-refractivity contribution in [1.29, 1.82) is 5.26 Å². The number of carbonyl (C=O) groups excluding carboxylic acids is 1. The van der Waals surface area contributed by atoms with E-state index < -0.39 is 0 Å². The Morgan fingerprint density at radius 2 is 2.36 bits per heavy atom. The third kappa shape index (κ3) is 4.37. The van der Waals surface area contributed by atoms with Crippen LogP contribution in [0.4, 0.5) is 0 Å². The highest BCUT2D eigenvalue weighted by Crippen LogP contribution is 2.18. The Morgan fingerprint density at radius 3 is 3.05 bits per heavy atom. The van der Waals surface area contributed by atoms with Gasteiger partial charge in [-0.15, -0.1) is 11.8 Å². The minimum Gasteiger partial charge on any atom is -0.467 e. The summed E-state index contributed by atoms with van der Waals surface area (Å²) in [6, 6.07) is 9.16. The van der Waals surface area contributed by atoms with Crippen molar-refractivity contribution in [3.8, 4) is 6.07 Å². The number of amides is 1. The molecule has 0 saturated carbocycles. The van der Waals surface area contributed by atoms with Crippen molar-refractivity contribution in [3.63, 3.8) is 0 Å². The molecule has 2 heterocycles. The number of hydrogen-bond acceptors (Lipinski definition) is 5. The first-order valence-corrected chi connectivity index (χ1v) is 8.00. The Labute approximate surface area is 133 Å². The molecule has 2 aromatic rings. The summed E-state index contributed by atoms with van der Waals surface area (Å²) in [5, 5.41) is 9.61. The van der Waals surface area contributed by atoms with Crippen LogP contribution < -0.4 is 0 Å². The van der Waals surface area contributed by atoms with E-state index in [0.717, 1.165) is 10.8 Å². The Morgan fingerprint density at radius 1 is 1.50 bits per heavy atom. The minimum atomic E-state index is -0.119. The fourth-order valence-electron chi connectivity index (χ4n) is 1.98. The van der Waals surface area contributed by atoms with Crippen molar-refractivity contribution in [3.05, 3.63) is 48.0 Å². The molecule has 0 atom stereocenters. The fraction of sp³-hybridized carbons (Fsp3) is 0.312. The molecule has 0 unspecified atom stereocenters. The van der Waals surface area contributed by atoms with Crippen LogP contribution in [0, 0.1) is 11.3 Å². The van der Waals surface area contributed by atoms with Crippen LogP contribution in [0.5, 0.6) is 0 Å². The molecular formula is C16H17N3O2S. The average molecular weight is 315 g/mol. The van der Waals surface area contributed by atoms with Gasteiger partial charge in [-0.2, -0.15) is 5.26 Å². The first-order valence-electron chi connectivity index (χ1n) is 7.02. The second-order valence-electron chi connectivity index (χ2n) is 4.53. The summed E-state index contributed by atoms with van der Waals surface area (Å²) in [5.41, 5.74) is 0.579. The maximum absolute atomic E-state index is 12.7. The highest BCUT2D eigenvalue weighted by atomic mass is 32.2. The third-order valence-electron chi connectivity index (χ3n) is 2.98. The van der Waals surface area contributed by atoms with Crippen molar-refractivity contribution < 1.29 is 9.21 Å². The van der Waals surface area contributed by atoms with Crippen molar-refractivity contribution in [2.75, 3.05) is 12.3 Å². The zero-order chi connectivity index (χ0) is 15.8. The Hall–Kier alpha value is -2.26. The first kappa shape index (κ1) is 16.1. The Kier molecular flexibility index (Phi) is 6.04. The number of nitriles is 1. The van der Waals surface area contributed by atoms with E-state index in [2.05, 4.69) is 11.1 Å². The maximum Gasteiger partial charge on any atom is 0.254 e. The van der Waals surface area contributed by atoms with E-state index in [9.17, 15) is 4.79 Å². The quantitative estimate of drug-likeness (QED) is 0.733. The fourth-order valence-corrected chi connectivity index (χ4v) is 2.62. The molecule has 0 aliphatic carbocycles. The average Bonchev–Trinajstić information content (AvgIpc) is 3.04. The van der Waals surface area contributed by atoms with Gasteiger partial charge in [0.25, 0.3) is 5.91 Å². The van der Waals surface area contributed by atoms with Gasteiger partial charge in [-0.1, -0.05) is 6.92 Å². The number of aromatic nitrogens is 1. The zero-order valence-corrected chi connectivity index (χ0v) is 13.2. The van der Waals surface area contributed by atoms with Gasteiger partial charge in [-0.05, 0) is 30.0 Å². The summed E-state index contributed by atoms with van der Waals surface area (Å²) in [6.45, 7) is 2.76. The van der Waals surface area contributed by atoms with Crippen molar-refractivity contribution in [2.24, 2.45) is 0 Å². The van der Waals surface area contributed by atoms with Gasteiger partial charge in [0.15, 0.2) is 0 Å². The molecule has 0 aliphatic rings. The smallest absolute Gasteiger partial charge is 0.254 e. The van der Waals surface area contributed by atoms with Crippen molar-refractivity contribution in [1.82, 2.24) is 9.88 Å². The van der Waals surface area contributed by atoms with Gasteiger partial charge in [-0.3, -0.25) is 4.79 Å². The summed E-state index contributed by atoms with van der Waals surface area (Å²) >= 11 is 1.59. The molecule has 22 heavy (non-hydrogen) atoms. The molecule has 6 heteroatoms. The molecule has 0 radical (unpaired) electrons. The lowest BCUT2D eigenvalue weighted by atomic mass is 10.2. The predicted molar refractivity (Wildman–Crippen MR) is 84.3 cm³/mol. The largest absolute Gasteiger partial charge is 0.467 e. The number of carbonyl (C=O) groups is 1. The van der Waals surface area contributed by atoms with Crippen LogP contribution in [-0.2, 0) is 6.54 Å².